The van der Waals surface area contributed by atoms with Crippen molar-refractivity contribution in [3.8, 4) is 12.5 Å². The Morgan fingerprint density at radius 3 is 2.31 bits per heavy atom. The van der Waals surface area contributed by atoms with Gasteiger partial charge in [-0.1, -0.05) is 43.5 Å². The summed E-state index contributed by atoms with van der Waals surface area (Å²) < 4.78 is 5.28. The normalized spacial score (nSPS) is 13.5. The Hall–Kier alpha value is -3.54. The third kappa shape index (κ3) is 9.61. The average Bonchev–Trinajstić information content (AvgIpc) is 2.75. The van der Waals surface area contributed by atoms with Gasteiger partial charge in [0.15, 0.2) is 0 Å². The van der Waals surface area contributed by atoms with Crippen LogP contribution in [0.25, 0.3) is 0 Å². The molecule has 0 heterocycles. The first-order chi connectivity index (χ1) is 16.7. The van der Waals surface area contributed by atoms with Crippen LogP contribution in [0.5, 0.6) is 0 Å². The van der Waals surface area contributed by atoms with Gasteiger partial charge in [-0.15, -0.1) is 0 Å². The van der Waals surface area contributed by atoms with E-state index in [2.05, 4.69) is 16.7 Å². The molecule has 0 aromatic heterocycles. The molecule has 3 atom stereocenters. The van der Waals surface area contributed by atoms with Crippen molar-refractivity contribution in [1.82, 2.24) is 15.5 Å². The first kappa shape index (κ1) is 30.5. The molecule has 0 aliphatic rings. The number of carbonyl (C=O) groups excluding carboxylic acids is 4. The van der Waals surface area contributed by atoms with E-state index in [1.165, 1.54) is 0 Å². The van der Waals surface area contributed by atoms with E-state index in [4.69, 9.17) is 16.9 Å². The molecule has 9 heteroatoms. The second-order valence-electron chi connectivity index (χ2n) is 10.0. The molecule has 0 bridgehead atoms. The minimum atomic E-state index is -1.24. The number of rotatable bonds is 11. The number of alkyl carbamates (subject to hydrolysis) is 1. The van der Waals surface area contributed by atoms with Crippen LogP contribution in [0.3, 0.4) is 0 Å². The molecule has 3 unspecified atom stereocenters. The summed E-state index contributed by atoms with van der Waals surface area (Å²) in [5.74, 6) is -1.82. The third-order valence-electron chi connectivity index (χ3n) is 5.39. The van der Waals surface area contributed by atoms with Crippen molar-refractivity contribution >= 4 is 23.8 Å². The summed E-state index contributed by atoms with van der Waals surface area (Å²) in [5, 5.41) is 5.43. The first-order valence-electron chi connectivity index (χ1n) is 12.1. The second kappa shape index (κ2) is 13.5. The quantitative estimate of drug-likeness (QED) is 0.317. The molecule has 1 aromatic carbocycles. The highest BCUT2D eigenvalue weighted by molar-refractivity contribution is 5.93. The molecule has 4 amide bonds. The van der Waals surface area contributed by atoms with Crippen molar-refractivity contribution in [2.45, 2.75) is 97.9 Å². The van der Waals surface area contributed by atoms with Crippen molar-refractivity contribution < 1.29 is 23.9 Å². The molecule has 0 fully saturated rings. The summed E-state index contributed by atoms with van der Waals surface area (Å²) in [6.45, 7) is 12.6. The average molecular weight is 501 g/mol. The lowest BCUT2D eigenvalue weighted by Crippen LogP contribution is -2.52. The summed E-state index contributed by atoms with van der Waals surface area (Å²) in [6, 6.07) is 5.36. The van der Waals surface area contributed by atoms with Gasteiger partial charge in [0.25, 0.3) is 5.91 Å². The highest BCUT2D eigenvalue weighted by atomic mass is 16.6. The number of hydrogen-bond acceptors (Lipinski definition) is 5. The minimum absolute atomic E-state index is 0.112. The van der Waals surface area contributed by atoms with E-state index in [-0.39, 0.29) is 18.9 Å². The number of benzene rings is 1. The SMILES string of the molecule is C#CN(C(=O)C(CCC(N)=O)NC(=O)OC(C)(C)C)C(C(=O)NC(C)CCC)c1cc(C)ccc1C. The van der Waals surface area contributed by atoms with Gasteiger partial charge in [-0.25, -0.2) is 4.79 Å². The molecule has 0 spiro atoms. The fourth-order valence-corrected chi connectivity index (χ4v) is 3.71. The second-order valence-corrected chi connectivity index (χ2v) is 10.0. The van der Waals surface area contributed by atoms with E-state index in [1.807, 2.05) is 39.8 Å². The number of ether oxygens (including phenoxy) is 1. The van der Waals surface area contributed by atoms with E-state index in [9.17, 15) is 19.2 Å². The number of nitrogens with one attached hydrogen (secondary N) is 2. The summed E-state index contributed by atoms with van der Waals surface area (Å²) in [4.78, 5) is 52.1. The van der Waals surface area contributed by atoms with Crippen molar-refractivity contribution in [2.24, 2.45) is 5.73 Å². The maximum absolute atomic E-state index is 13.7. The number of aryl methyl sites for hydroxylation is 2. The van der Waals surface area contributed by atoms with Crippen LogP contribution in [0.2, 0.25) is 0 Å². The van der Waals surface area contributed by atoms with Gasteiger partial charge in [-0.3, -0.25) is 19.3 Å². The van der Waals surface area contributed by atoms with E-state index < -0.39 is 41.5 Å². The lowest BCUT2D eigenvalue weighted by Gasteiger charge is -2.32. The van der Waals surface area contributed by atoms with Gasteiger partial charge >= 0.3 is 6.09 Å². The van der Waals surface area contributed by atoms with Gasteiger partial charge in [-0.05, 0) is 65.5 Å². The van der Waals surface area contributed by atoms with Crippen molar-refractivity contribution in [2.75, 3.05) is 0 Å². The van der Waals surface area contributed by atoms with Crippen LogP contribution in [0.1, 0.15) is 83.0 Å². The van der Waals surface area contributed by atoms with Crippen LogP contribution >= 0.6 is 0 Å². The van der Waals surface area contributed by atoms with Gasteiger partial charge in [0, 0.05) is 18.5 Å². The summed E-state index contributed by atoms with van der Waals surface area (Å²) in [7, 11) is 0. The van der Waals surface area contributed by atoms with Crippen LogP contribution in [0, 0.1) is 26.3 Å². The summed E-state index contributed by atoms with van der Waals surface area (Å²) in [5.41, 5.74) is 6.69. The van der Waals surface area contributed by atoms with Crippen LogP contribution in [0.15, 0.2) is 18.2 Å². The number of nitrogens with zero attached hydrogens (tertiary/aromatic N) is 1. The zero-order chi connectivity index (χ0) is 27.6. The Labute approximate surface area is 214 Å². The van der Waals surface area contributed by atoms with Gasteiger partial charge in [-0.2, -0.15) is 0 Å². The molecule has 0 aliphatic heterocycles. The molecule has 0 saturated carbocycles. The van der Waals surface area contributed by atoms with Crippen molar-refractivity contribution in [3.05, 3.63) is 34.9 Å². The van der Waals surface area contributed by atoms with Crippen LogP contribution in [-0.2, 0) is 19.1 Å². The molecule has 0 saturated heterocycles. The van der Waals surface area contributed by atoms with Crippen LogP contribution < -0.4 is 16.4 Å². The number of primary amides is 1. The standard InChI is InChI=1S/C27H40N4O5/c1-9-11-19(5)29-24(33)23(20-16-17(3)12-13-18(20)4)31(10-2)25(34)21(14-15-22(28)32)30-26(35)36-27(6,7)8/h2,12-13,16,19,21,23H,9,11,14-15H2,1,3-8H3,(H2,28,32)(H,29,33)(H,30,35). The van der Waals surface area contributed by atoms with E-state index in [0.717, 1.165) is 28.9 Å². The predicted molar refractivity (Wildman–Crippen MR) is 138 cm³/mol. The lowest BCUT2D eigenvalue weighted by atomic mass is 9.96. The Morgan fingerprint density at radius 2 is 1.78 bits per heavy atom. The Balaban J connectivity index is 3.47. The number of nitrogens with two attached hydrogens (primary N) is 1. The fourth-order valence-electron chi connectivity index (χ4n) is 3.71. The van der Waals surface area contributed by atoms with E-state index in [0.29, 0.717) is 5.56 Å². The molecular formula is C27H40N4O5. The molecule has 9 nitrogen and oxygen atoms in total. The topological polar surface area (TPSA) is 131 Å². The van der Waals surface area contributed by atoms with Crippen molar-refractivity contribution in [3.63, 3.8) is 0 Å². The number of carbonyl (C=O) groups is 4. The van der Waals surface area contributed by atoms with Crippen LogP contribution in [0.4, 0.5) is 4.79 Å². The highest BCUT2D eigenvalue weighted by Gasteiger charge is 2.37. The van der Waals surface area contributed by atoms with Crippen LogP contribution in [-0.4, -0.2) is 46.4 Å². The fraction of sp³-hybridized carbons (Fsp3) is 0.556. The van der Waals surface area contributed by atoms with E-state index >= 15 is 0 Å². The first-order valence-corrected chi connectivity index (χ1v) is 12.1. The molecule has 36 heavy (non-hydrogen) atoms. The summed E-state index contributed by atoms with van der Waals surface area (Å²) in [6.07, 6.45) is 6.25. The zero-order valence-electron chi connectivity index (χ0n) is 22.4. The lowest BCUT2D eigenvalue weighted by molar-refractivity contribution is -0.139. The number of hydrogen-bond donors (Lipinski definition) is 3. The smallest absolute Gasteiger partial charge is 0.408 e. The minimum Gasteiger partial charge on any atom is -0.444 e. The molecule has 0 radical (unpaired) electrons. The highest BCUT2D eigenvalue weighted by Crippen LogP contribution is 2.27. The monoisotopic (exact) mass is 500 g/mol. The Kier molecular flexibility index (Phi) is 11.5. The maximum atomic E-state index is 13.7. The number of terminal acetylenes is 1. The third-order valence-corrected chi connectivity index (χ3v) is 5.39. The Morgan fingerprint density at radius 1 is 1.14 bits per heavy atom. The van der Waals surface area contributed by atoms with Crippen molar-refractivity contribution in [1.29, 1.82) is 0 Å². The molecule has 1 aromatic rings. The molecule has 198 valence electrons. The molecule has 4 N–H and O–H groups in total. The molecule has 0 aliphatic carbocycles. The van der Waals surface area contributed by atoms with E-state index in [1.54, 1.807) is 26.8 Å². The maximum Gasteiger partial charge on any atom is 0.408 e. The van der Waals surface area contributed by atoms with Gasteiger partial charge in [0.2, 0.25) is 11.8 Å². The van der Waals surface area contributed by atoms with Gasteiger partial charge in [0.1, 0.15) is 17.7 Å². The Bertz CT molecular complexity index is 993. The largest absolute Gasteiger partial charge is 0.444 e. The van der Waals surface area contributed by atoms with Gasteiger partial charge < -0.3 is 21.1 Å². The molecule has 1 rings (SSSR count). The molecular weight excluding hydrogens is 460 g/mol. The zero-order valence-corrected chi connectivity index (χ0v) is 22.4. The van der Waals surface area contributed by atoms with Gasteiger partial charge in [0.05, 0.1) is 0 Å². The predicted octanol–water partition coefficient (Wildman–Crippen LogP) is 3.23. The number of amides is 4. The summed E-state index contributed by atoms with van der Waals surface area (Å²) >= 11 is 0.